The number of hydrogen-bond donors (Lipinski definition) is 0. The number of sulfonamides is 1. The van der Waals surface area contributed by atoms with Crippen LogP contribution in [0.3, 0.4) is 0 Å². The van der Waals surface area contributed by atoms with Gasteiger partial charge in [0.05, 0.1) is 4.90 Å². The molecule has 0 radical (unpaired) electrons. The zero-order valence-electron chi connectivity index (χ0n) is 13.7. The molecule has 0 saturated carbocycles. The first-order chi connectivity index (χ1) is 11.5. The van der Waals surface area contributed by atoms with Gasteiger partial charge >= 0.3 is 0 Å². The molecule has 0 spiro atoms. The average molecular weight is 409 g/mol. The van der Waals surface area contributed by atoms with E-state index in [4.69, 9.17) is 0 Å². The molecule has 1 aliphatic heterocycles. The van der Waals surface area contributed by atoms with E-state index in [-0.39, 0.29) is 0 Å². The molecule has 128 valence electrons. The van der Waals surface area contributed by atoms with Gasteiger partial charge in [-0.15, -0.1) is 0 Å². The Labute approximate surface area is 152 Å². The molecule has 0 bridgehead atoms. The van der Waals surface area contributed by atoms with Crippen molar-refractivity contribution < 1.29 is 8.42 Å². The van der Waals surface area contributed by atoms with Crippen molar-refractivity contribution in [1.29, 1.82) is 0 Å². The highest BCUT2D eigenvalue weighted by Crippen LogP contribution is 2.24. The van der Waals surface area contributed by atoms with Gasteiger partial charge in [-0.25, -0.2) is 8.42 Å². The predicted octanol–water partition coefficient (Wildman–Crippen LogP) is 3.26. The highest BCUT2D eigenvalue weighted by molar-refractivity contribution is 9.10. The quantitative estimate of drug-likeness (QED) is 0.779. The minimum Gasteiger partial charge on any atom is -0.296 e. The van der Waals surface area contributed by atoms with E-state index in [1.165, 1.54) is 5.56 Å². The Hall–Kier alpha value is -1.21. The van der Waals surface area contributed by atoms with E-state index in [0.29, 0.717) is 18.0 Å². The lowest BCUT2D eigenvalue weighted by atomic mass is 10.2. The zero-order chi connectivity index (χ0) is 17.2. The van der Waals surface area contributed by atoms with Gasteiger partial charge in [0.2, 0.25) is 10.0 Å². The molecule has 0 atom stereocenters. The fourth-order valence-corrected chi connectivity index (χ4v) is 5.11. The third-order valence-corrected chi connectivity index (χ3v) is 6.89. The molecule has 1 fully saturated rings. The van der Waals surface area contributed by atoms with Crippen LogP contribution in [0.4, 0.5) is 0 Å². The third kappa shape index (κ3) is 3.88. The van der Waals surface area contributed by atoms with Crippen molar-refractivity contribution in [3.8, 4) is 0 Å². The van der Waals surface area contributed by atoms with Crippen molar-refractivity contribution >= 4 is 26.0 Å². The largest absolute Gasteiger partial charge is 0.296 e. The maximum atomic E-state index is 12.9. The zero-order valence-corrected chi connectivity index (χ0v) is 16.1. The fraction of sp³-hybridized carbons (Fsp3) is 0.333. The molecule has 1 aliphatic rings. The summed E-state index contributed by atoms with van der Waals surface area (Å²) in [4.78, 5) is 2.71. The molecular formula is C18H21BrN2O2S. The molecule has 4 nitrogen and oxygen atoms in total. The number of benzene rings is 2. The van der Waals surface area contributed by atoms with Crippen molar-refractivity contribution in [1.82, 2.24) is 9.21 Å². The van der Waals surface area contributed by atoms with Gasteiger partial charge in [0, 0.05) is 37.2 Å². The van der Waals surface area contributed by atoms with Crippen LogP contribution in [0.25, 0.3) is 0 Å². The van der Waals surface area contributed by atoms with Crippen LogP contribution in [0.15, 0.2) is 57.9 Å². The lowest BCUT2D eigenvalue weighted by Crippen LogP contribution is -2.48. The van der Waals surface area contributed by atoms with E-state index in [9.17, 15) is 8.42 Å². The van der Waals surface area contributed by atoms with Crippen LogP contribution in [0, 0.1) is 6.92 Å². The monoisotopic (exact) mass is 408 g/mol. The van der Waals surface area contributed by atoms with E-state index in [0.717, 1.165) is 29.7 Å². The van der Waals surface area contributed by atoms with E-state index in [1.54, 1.807) is 16.4 Å². The molecule has 3 rings (SSSR count). The fourth-order valence-electron chi connectivity index (χ4n) is 3.01. The van der Waals surface area contributed by atoms with Crippen LogP contribution >= 0.6 is 15.9 Å². The summed E-state index contributed by atoms with van der Waals surface area (Å²) in [5.74, 6) is 0. The molecule has 1 heterocycles. The lowest BCUT2D eigenvalue weighted by molar-refractivity contribution is 0.181. The van der Waals surface area contributed by atoms with E-state index < -0.39 is 10.0 Å². The molecule has 1 saturated heterocycles. The number of halogens is 1. The van der Waals surface area contributed by atoms with Crippen LogP contribution in [0.5, 0.6) is 0 Å². The van der Waals surface area contributed by atoms with Crippen LogP contribution in [0.2, 0.25) is 0 Å². The first-order valence-corrected chi connectivity index (χ1v) is 10.2. The topological polar surface area (TPSA) is 40.6 Å². The Kier molecular flexibility index (Phi) is 5.39. The Balaban J connectivity index is 1.67. The minimum atomic E-state index is -3.42. The number of aryl methyl sites for hydroxylation is 1. The summed E-state index contributed by atoms with van der Waals surface area (Å²) in [6.45, 7) is 5.28. The molecule has 0 unspecified atom stereocenters. The molecule has 0 N–H and O–H groups in total. The van der Waals surface area contributed by atoms with Gasteiger partial charge < -0.3 is 0 Å². The first-order valence-electron chi connectivity index (χ1n) is 7.99. The van der Waals surface area contributed by atoms with Gasteiger partial charge in [-0.3, -0.25) is 4.90 Å². The van der Waals surface area contributed by atoms with Crippen molar-refractivity contribution in [3.05, 3.63) is 64.1 Å². The van der Waals surface area contributed by atoms with Crippen molar-refractivity contribution in [2.45, 2.75) is 18.4 Å². The number of rotatable bonds is 4. The first kappa shape index (κ1) is 17.6. The number of piperazine rings is 1. The van der Waals surface area contributed by atoms with Crippen molar-refractivity contribution in [2.75, 3.05) is 26.2 Å². The van der Waals surface area contributed by atoms with E-state index in [2.05, 4.69) is 33.0 Å². The normalized spacial score (nSPS) is 17.1. The molecule has 0 amide bonds. The smallest absolute Gasteiger partial charge is 0.243 e. The van der Waals surface area contributed by atoms with Crippen LogP contribution in [0.1, 0.15) is 11.1 Å². The molecule has 2 aromatic rings. The standard InChI is InChI=1S/C18H21BrN2O2S/c1-15-13-17(19)7-8-18(15)24(22,23)21-11-9-20(10-12-21)14-16-5-3-2-4-6-16/h2-8,13H,9-12,14H2,1H3. The third-order valence-electron chi connectivity index (χ3n) is 4.34. The van der Waals surface area contributed by atoms with Crippen LogP contribution in [-0.4, -0.2) is 43.8 Å². The van der Waals surface area contributed by atoms with E-state index >= 15 is 0 Å². The van der Waals surface area contributed by atoms with Gasteiger partial charge in [-0.2, -0.15) is 4.31 Å². The molecular weight excluding hydrogens is 388 g/mol. The highest BCUT2D eigenvalue weighted by atomic mass is 79.9. The second-order valence-corrected chi connectivity index (χ2v) is 8.90. The Morgan fingerprint density at radius 2 is 1.67 bits per heavy atom. The second-order valence-electron chi connectivity index (χ2n) is 6.08. The van der Waals surface area contributed by atoms with Crippen molar-refractivity contribution in [2.24, 2.45) is 0 Å². The summed E-state index contributed by atoms with van der Waals surface area (Å²) < 4.78 is 28.2. The molecule has 0 aromatic heterocycles. The molecule has 24 heavy (non-hydrogen) atoms. The SMILES string of the molecule is Cc1cc(Br)ccc1S(=O)(=O)N1CCN(Cc2ccccc2)CC1. The maximum Gasteiger partial charge on any atom is 0.243 e. The van der Waals surface area contributed by atoms with Crippen LogP contribution < -0.4 is 0 Å². The lowest BCUT2D eigenvalue weighted by Gasteiger charge is -2.34. The van der Waals surface area contributed by atoms with Crippen LogP contribution in [-0.2, 0) is 16.6 Å². The predicted molar refractivity (Wildman–Crippen MR) is 99.4 cm³/mol. The molecule has 2 aromatic carbocycles. The van der Waals surface area contributed by atoms with Gasteiger partial charge in [0.1, 0.15) is 0 Å². The summed E-state index contributed by atoms with van der Waals surface area (Å²) in [7, 11) is -3.42. The Morgan fingerprint density at radius 1 is 1.00 bits per heavy atom. The van der Waals surface area contributed by atoms with Gasteiger partial charge in [0.15, 0.2) is 0 Å². The highest BCUT2D eigenvalue weighted by Gasteiger charge is 2.29. The maximum absolute atomic E-state index is 12.9. The minimum absolute atomic E-state index is 0.405. The van der Waals surface area contributed by atoms with Gasteiger partial charge in [0.25, 0.3) is 0 Å². The summed E-state index contributed by atoms with van der Waals surface area (Å²) in [6, 6.07) is 15.6. The number of hydrogen-bond acceptors (Lipinski definition) is 3. The van der Waals surface area contributed by atoms with Gasteiger partial charge in [-0.05, 0) is 36.2 Å². The summed E-state index contributed by atoms with van der Waals surface area (Å²) in [6.07, 6.45) is 0. The Morgan fingerprint density at radius 3 is 2.29 bits per heavy atom. The molecule has 0 aliphatic carbocycles. The summed E-state index contributed by atoms with van der Waals surface area (Å²) in [5.41, 5.74) is 2.04. The average Bonchev–Trinajstić information content (AvgIpc) is 2.56. The molecule has 6 heteroatoms. The van der Waals surface area contributed by atoms with Gasteiger partial charge in [-0.1, -0.05) is 46.3 Å². The van der Waals surface area contributed by atoms with Crippen molar-refractivity contribution in [3.63, 3.8) is 0 Å². The Bertz CT molecular complexity index is 801. The number of nitrogens with zero attached hydrogens (tertiary/aromatic N) is 2. The second kappa shape index (κ2) is 7.35. The summed E-state index contributed by atoms with van der Waals surface area (Å²) in [5, 5.41) is 0. The summed E-state index contributed by atoms with van der Waals surface area (Å²) >= 11 is 3.38. The van der Waals surface area contributed by atoms with E-state index in [1.807, 2.05) is 31.2 Å².